The molecule has 0 aliphatic carbocycles. The summed E-state index contributed by atoms with van der Waals surface area (Å²) in [5, 5.41) is 4.52. The summed E-state index contributed by atoms with van der Waals surface area (Å²) >= 11 is 2.15. The first-order valence-electron chi connectivity index (χ1n) is 12.4. The highest BCUT2D eigenvalue weighted by Crippen LogP contribution is 2.36. The fraction of sp³-hybridized carbons (Fsp3) is 0.129. The molecule has 0 saturated carbocycles. The molecule has 4 amide bonds. The summed E-state index contributed by atoms with van der Waals surface area (Å²) in [5.74, 6) is -0.378. The zero-order valence-corrected chi connectivity index (χ0v) is 23.5. The Balaban J connectivity index is 1.47. The number of amides is 4. The van der Waals surface area contributed by atoms with Crippen LogP contribution in [0.25, 0.3) is 16.8 Å². The summed E-state index contributed by atoms with van der Waals surface area (Å²) < 4.78 is 12.9. The molecule has 5 rings (SSSR count). The van der Waals surface area contributed by atoms with E-state index in [0.29, 0.717) is 36.0 Å². The van der Waals surface area contributed by atoms with E-state index in [9.17, 15) is 14.4 Å². The van der Waals surface area contributed by atoms with Gasteiger partial charge in [0, 0.05) is 0 Å². The first kappa shape index (κ1) is 26.4. The Bertz CT molecular complexity index is 1640. The van der Waals surface area contributed by atoms with Crippen molar-refractivity contribution in [2.75, 3.05) is 11.5 Å². The van der Waals surface area contributed by atoms with Crippen molar-refractivity contribution < 1.29 is 23.9 Å². The van der Waals surface area contributed by atoms with Crippen molar-refractivity contribution in [3.63, 3.8) is 0 Å². The van der Waals surface area contributed by atoms with Crippen LogP contribution in [-0.2, 0) is 16.2 Å². The molecule has 8 heteroatoms. The molecule has 0 unspecified atom stereocenters. The number of hydrogen-bond donors (Lipinski definition) is 1. The maximum atomic E-state index is 13.4. The molecule has 0 bridgehead atoms. The van der Waals surface area contributed by atoms with Crippen LogP contribution in [0.3, 0.4) is 0 Å². The molecule has 1 aliphatic rings. The van der Waals surface area contributed by atoms with E-state index >= 15 is 0 Å². The lowest BCUT2D eigenvalue weighted by atomic mass is 10.0. The molecule has 1 heterocycles. The average Bonchev–Trinajstić information content (AvgIpc) is 2.92. The van der Waals surface area contributed by atoms with Gasteiger partial charge in [0.25, 0.3) is 11.8 Å². The molecule has 7 nitrogen and oxygen atoms in total. The van der Waals surface area contributed by atoms with E-state index in [0.717, 1.165) is 30.4 Å². The quantitative estimate of drug-likeness (QED) is 0.145. The Hall–Kier alpha value is -4.18. The SMILES string of the molecule is CCOc1cc(/C=C2\C(=O)NC(=O)N(c3ccccc3C)C2=O)cc(I)c1OCc1cccc2ccccc12. The standard InChI is InChI=1S/C31H25IN2O5/c1-3-38-27-17-20(15-24-29(35)33-31(37)34(30(24)36)26-14-7-4-9-19(26)2)16-25(32)28(27)39-18-22-12-8-11-21-10-5-6-13-23(21)22/h4-17H,3,18H2,1-2H3,(H,33,35,37)/b24-15+. The van der Waals surface area contributed by atoms with E-state index in [1.54, 1.807) is 31.2 Å². The molecule has 39 heavy (non-hydrogen) atoms. The van der Waals surface area contributed by atoms with Crippen LogP contribution in [0, 0.1) is 10.5 Å². The van der Waals surface area contributed by atoms with Crippen LogP contribution in [0.15, 0.2) is 84.4 Å². The van der Waals surface area contributed by atoms with Crippen molar-refractivity contribution in [2.24, 2.45) is 0 Å². The van der Waals surface area contributed by atoms with Crippen LogP contribution in [0.4, 0.5) is 10.5 Å². The second-order valence-corrected chi connectivity index (χ2v) is 10.1. The van der Waals surface area contributed by atoms with Gasteiger partial charge in [-0.2, -0.15) is 0 Å². The Morgan fingerprint density at radius 3 is 2.46 bits per heavy atom. The number of carbonyl (C=O) groups excluding carboxylic acids is 3. The largest absolute Gasteiger partial charge is 0.490 e. The smallest absolute Gasteiger partial charge is 0.335 e. The third-order valence-corrected chi connectivity index (χ3v) is 7.15. The van der Waals surface area contributed by atoms with E-state index in [1.807, 2.05) is 43.3 Å². The summed E-state index contributed by atoms with van der Waals surface area (Å²) in [5.41, 5.74) is 2.61. The maximum Gasteiger partial charge on any atom is 0.335 e. The fourth-order valence-electron chi connectivity index (χ4n) is 4.50. The van der Waals surface area contributed by atoms with E-state index in [4.69, 9.17) is 9.47 Å². The fourth-order valence-corrected chi connectivity index (χ4v) is 5.28. The van der Waals surface area contributed by atoms with Crippen molar-refractivity contribution >= 4 is 63.0 Å². The van der Waals surface area contributed by atoms with Crippen LogP contribution in [-0.4, -0.2) is 24.5 Å². The van der Waals surface area contributed by atoms with Gasteiger partial charge in [0.2, 0.25) is 0 Å². The number of rotatable bonds is 7. The summed E-state index contributed by atoms with van der Waals surface area (Å²) in [4.78, 5) is 39.6. The van der Waals surface area contributed by atoms with Gasteiger partial charge < -0.3 is 9.47 Å². The van der Waals surface area contributed by atoms with Gasteiger partial charge in [0.15, 0.2) is 11.5 Å². The molecular weight excluding hydrogens is 607 g/mol. The molecule has 1 fully saturated rings. The number of hydrogen-bond acceptors (Lipinski definition) is 5. The minimum atomic E-state index is -0.779. The number of imide groups is 2. The summed E-state index contributed by atoms with van der Waals surface area (Å²) in [6, 6.07) is 24.0. The van der Waals surface area contributed by atoms with Crippen molar-refractivity contribution in [1.29, 1.82) is 0 Å². The number of urea groups is 1. The number of anilines is 1. The first-order chi connectivity index (χ1) is 18.9. The van der Waals surface area contributed by atoms with Crippen molar-refractivity contribution in [3.8, 4) is 11.5 Å². The number of ether oxygens (including phenoxy) is 2. The Labute approximate surface area is 239 Å². The lowest BCUT2D eigenvalue weighted by Crippen LogP contribution is -2.54. The molecule has 0 atom stereocenters. The van der Waals surface area contributed by atoms with Crippen LogP contribution in [0.1, 0.15) is 23.6 Å². The number of barbiturate groups is 1. The first-order valence-corrected chi connectivity index (χ1v) is 13.5. The predicted octanol–water partition coefficient (Wildman–Crippen LogP) is 6.40. The highest BCUT2D eigenvalue weighted by molar-refractivity contribution is 14.1. The molecular formula is C31H25IN2O5. The van der Waals surface area contributed by atoms with E-state index in [-0.39, 0.29) is 5.57 Å². The Kier molecular flexibility index (Phi) is 7.65. The Morgan fingerprint density at radius 1 is 0.923 bits per heavy atom. The molecule has 0 radical (unpaired) electrons. The van der Waals surface area contributed by atoms with Crippen molar-refractivity contribution in [1.82, 2.24) is 5.32 Å². The molecule has 1 saturated heterocycles. The number of carbonyl (C=O) groups is 3. The third kappa shape index (κ3) is 5.37. The topological polar surface area (TPSA) is 84.9 Å². The summed E-state index contributed by atoms with van der Waals surface area (Å²) in [7, 11) is 0. The van der Waals surface area contributed by atoms with Gasteiger partial charge in [-0.15, -0.1) is 0 Å². The van der Waals surface area contributed by atoms with Gasteiger partial charge in [-0.05, 0) is 88.2 Å². The molecule has 0 aromatic heterocycles. The van der Waals surface area contributed by atoms with Crippen LogP contribution < -0.4 is 19.7 Å². The number of nitrogens with one attached hydrogen (secondary N) is 1. The number of aryl methyl sites for hydroxylation is 1. The normalized spacial score (nSPS) is 14.6. The minimum absolute atomic E-state index is 0.152. The predicted molar refractivity (Wildman–Crippen MR) is 159 cm³/mol. The molecule has 4 aromatic rings. The summed E-state index contributed by atoms with van der Waals surface area (Å²) in [6.45, 7) is 4.40. The number of fused-ring (bicyclic) bond motifs is 1. The van der Waals surface area contributed by atoms with Gasteiger partial charge in [0.1, 0.15) is 12.2 Å². The van der Waals surface area contributed by atoms with Gasteiger partial charge >= 0.3 is 6.03 Å². The number of para-hydroxylation sites is 1. The van der Waals surface area contributed by atoms with Gasteiger partial charge in [-0.3, -0.25) is 14.9 Å². The van der Waals surface area contributed by atoms with Gasteiger partial charge in [0.05, 0.1) is 15.9 Å². The lowest BCUT2D eigenvalue weighted by molar-refractivity contribution is -0.122. The molecule has 0 spiro atoms. The minimum Gasteiger partial charge on any atom is -0.490 e. The highest BCUT2D eigenvalue weighted by atomic mass is 127. The second kappa shape index (κ2) is 11.3. The van der Waals surface area contributed by atoms with Crippen LogP contribution in [0.5, 0.6) is 11.5 Å². The molecule has 1 aliphatic heterocycles. The average molecular weight is 632 g/mol. The van der Waals surface area contributed by atoms with Gasteiger partial charge in [-0.1, -0.05) is 60.7 Å². The molecule has 1 N–H and O–H groups in total. The zero-order valence-electron chi connectivity index (χ0n) is 21.4. The number of nitrogens with zero attached hydrogens (tertiary/aromatic N) is 1. The van der Waals surface area contributed by atoms with Crippen molar-refractivity contribution in [2.45, 2.75) is 20.5 Å². The van der Waals surface area contributed by atoms with E-state index < -0.39 is 17.8 Å². The zero-order chi connectivity index (χ0) is 27.5. The molecule has 196 valence electrons. The number of halogens is 1. The van der Waals surface area contributed by atoms with E-state index in [2.05, 4.69) is 46.1 Å². The van der Waals surface area contributed by atoms with Crippen LogP contribution in [0.2, 0.25) is 0 Å². The molecule has 4 aromatic carbocycles. The second-order valence-electron chi connectivity index (χ2n) is 8.93. The lowest BCUT2D eigenvalue weighted by Gasteiger charge is -2.27. The van der Waals surface area contributed by atoms with Gasteiger partial charge in [-0.25, -0.2) is 9.69 Å². The Morgan fingerprint density at radius 2 is 1.67 bits per heavy atom. The third-order valence-electron chi connectivity index (χ3n) is 6.35. The van der Waals surface area contributed by atoms with Crippen LogP contribution >= 0.6 is 22.6 Å². The van der Waals surface area contributed by atoms with E-state index in [1.165, 1.54) is 6.08 Å². The maximum absolute atomic E-state index is 13.4. The summed E-state index contributed by atoms with van der Waals surface area (Å²) in [6.07, 6.45) is 1.47. The monoisotopic (exact) mass is 632 g/mol. The van der Waals surface area contributed by atoms with Crippen molar-refractivity contribution in [3.05, 3.63) is 105 Å². The highest BCUT2D eigenvalue weighted by Gasteiger charge is 2.37. The number of benzene rings is 4.